The molecule has 1 aliphatic heterocycles. The molecule has 3 N–H and O–H groups in total. The van der Waals surface area contributed by atoms with Crippen molar-refractivity contribution in [3.05, 3.63) is 83.8 Å². The molecule has 1 aromatic heterocycles. The minimum Gasteiger partial charge on any atom is -0.488 e. The summed E-state index contributed by atoms with van der Waals surface area (Å²) in [6.07, 6.45) is 2.46. The number of fused-ring (bicyclic) bond motifs is 1. The summed E-state index contributed by atoms with van der Waals surface area (Å²) in [6, 6.07) is 19.1. The van der Waals surface area contributed by atoms with Crippen LogP contribution in [0, 0.1) is 0 Å². The van der Waals surface area contributed by atoms with Crippen molar-refractivity contribution in [2.45, 2.75) is 19.1 Å². The minimum absolute atomic E-state index is 0. The molecule has 0 saturated heterocycles. The smallest absolute Gasteiger partial charge is 0.291 e. The van der Waals surface area contributed by atoms with Gasteiger partial charge in [0.05, 0.1) is 12.8 Å². The van der Waals surface area contributed by atoms with E-state index in [0.29, 0.717) is 24.7 Å². The first-order valence-electron chi connectivity index (χ1n) is 9.84. The van der Waals surface area contributed by atoms with Gasteiger partial charge in [0, 0.05) is 25.7 Å². The maximum absolute atomic E-state index is 12.0. The second-order valence-electron chi connectivity index (χ2n) is 6.99. The minimum atomic E-state index is -0.272. The molecule has 1 atom stereocenters. The summed E-state index contributed by atoms with van der Waals surface area (Å²) in [7, 11) is 1.74. The van der Waals surface area contributed by atoms with Crippen molar-refractivity contribution in [2.75, 3.05) is 18.9 Å². The van der Waals surface area contributed by atoms with Crippen LogP contribution in [0.3, 0.4) is 0 Å². The van der Waals surface area contributed by atoms with Crippen LogP contribution in [0.5, 0.6) is 5.75 Å². The van der Waals surface area contributed by atoms with E-state index in [0.717, 1.165) is 17.7 Å². The molecule has 2 aromatic carbocycles. The number of guanidine groups is 1. The molecule has 0 saturated carbocycles. The first-order valence-corrected chi connectivity index (χ1v) is 9.84. The van der Waals surface area contributed by atoms with Crippen LogP contribution in [0.15, 0.2) is 76.3 Å². The molecule has 0 spiro atoms. The Bertz CT molecular complexity index is 995. The summed E-state index contributed by atoms with van der Waals surface area (Å²) in [6.45, 7) is 1.28. The Morgan fingerprint density at radius 2 is 1.87 bits per heavy atom. The van der Waals surface area contributed by atoms with E-state index in [1.165, 1.54) is 11.8 Å². The Morgan fingerprint density at radius 1 is 1.06 bits per heavy atom. The Hall–Kier alpha value is -3.01. The Kier molecular flexibility index (Phi) is 7.94. The summed E-state index contributed by atoms with van der Waals surface area (Å²) in [5.41, 5.74) is 3.02. The average Bonchev–Trinajstić information content (AvgIpc) is 3.45. The van der Waals surface area contributed by atoms with Crippen molar-refractivity contribution in [3.63, 3.8) is 0 Å². The predicted octanol–water partition coefficient (Wildman–Crippen LogP) is 3.82. The number of amides is 1. The summed E-state index contributed by atoms with van der Waals surface area (Å²) in [5.74, 6) is 1.69. The predicted molar refractivity (Wildman–Crippen MR) is 131 cm³/mol. The van der Waals surface area contributed by atoms with Gasteiger partial charge in [-0.05, 0) is 41.5 Å². The van der Waals surface area contributed by atoms with Crippen molar-refractivity contribution in [2.24, 2.45) is 4.99 Å². The van der Waals surface area contributed by atoms with Gasteiger partial charge in [-0.15, -0.1) is 24.0 Å². The van der Waals surface area contributed by atoms with Crippen molar-refractivity contribution in [1.29, 1.82) is 0 Å². The SMILES string of the molecule is CN=C(NCc1ccc(NC(=O)c2ccco2)cc1)NCC1Cc2ccccc2O1.I. The van der Waals surface area contributed by atoms with Crippen LogP contribution in [0.1, 0.15) is 21.7 Å². The number of halogens is 1. The van der Waals surface area contributed by atoms with E-state index < -0.39 is 0 Å². The molecule has 31 heavy (non-hydrogen) atoms. The largest absolute Gasteiger partial charge is 0.488 e. The molecule has 8 heteroatoms. The van der Waals surface area contributed by atoms with Crippen LogP contribution in [-0.4, -0.2) is 31.6 Å². The second kappa shape index (κ2) is 10.9. The fourth-order valence-electron chi connectivity index (χ4n) is 3.29. The van der Waals surface area contributed by atoms with Crippen molar-refractivity contribution >= 4 is 41.5 Å². The highest BCUT2D eigenvalue weighted by molar-refractivity contribution is 14.0. The molecule has 4 rings (SSSR count). The second-order valence-corrected chi connectivity index (χ2v) is 6.99. The van der Waals surface area contributed by atoms with E-state index in [2.05, 4.69) is 27.0 Å². The van der Waals surface area contributed by atoms with Gasteiger partial charge in [-0.3, -0.25) is 9.79 Å². The number of hydrogen-bond acceptors (Lipinski definition) is 4. The summed E-state index contributed by atoms with van der Waals surface area (Å²) in [4.78, 5) is 16.3. The number of furan rings is 1. The lowest BCUT2D eigenvalue weighted by Gasteiger charge is -2.15. The zero-order valence-corrected chi connectivity index (χ0v) is 19.5. The van der Waals surface area contributed by atoms with Crippen molar-refractivity contribution in [1.82, 2.24) is 10.6 Å². The number of para-hydroxylation sites is 1. The van der Waals surface area contributed by atoms with Crippen LogP contribution in [0.2, 0.25) is 0 Å². The van der Waals surface area contributed by atoms with Crippen LogP contribution in [0.25, 0.3) is 0 Å². The molecule has 0 radical (unpaired) electrons. The van der Waals surface area contributed by atoms with Crippen LogP contribution in [-0.2, 0) is 13.0 Å². The van der Waals surface area contributed by atoms with Gasteiger partial charge < -0.3 is 25.1 Å². The third-order valence-corrected chi connectivity index (χ3v) is 4.85. The Labute approximate surface area is 198 Å². The molecule has 3 aromatic rings. The summed E-state index contributed by atoms with van der Waals surface area (Å²) in [5, 5.41) is 9.41. The van der Waals surface area contributed by atoms with Gasteiger partial charge in [0.15, 0.2) is 11.7 Å². The quantitative estimate of drug-likeness (QED) is 0.255. The molecular weight excluding hydrogens is 507 g/mol. The lowest BCUT2D eigenvalue weighted by atomic mass is 10.1. The summed E-state index contributed by atoms with van der Waals surface area (Å²) >= 11 is 0. The molecule has 1 amide bonds. The number of hydrogen-bond donors (Lipinski definition) is 3. The molecule has 0 aliphatic carbocycles. The number of benzene rings is 2. The molecule has 7 nitrogen and oxygen atoms in total. The normalized spacial score (nSPS) is 14.7. The molecule has 1 aliphatic rings. The van der Waals surface area contributed by atoms with Crippen LogP contribution < -0.4 is 20.7 Å². The molecule has 1 unspecified atom stereocenters. The number of nitrogens with one attached hydrogen (secondary N) is 3. The number of rotatable bonds is 6. The van der Waals surface area contributed by atoms with E-state index in [4.69, 9.17) is 9.15 Å². The van der Waals surface area contributed by atoms with Crippen LogP contribution >= 0.6 is 24.0 Å². The van der Waals surface area contributed by atoms with Gasteiger partial charge >= 0.3 is 0 Å². The number of nitrogens with zero attached hydrogens (tertiary/aromatic N) is 1. The van der Waals surface area contributed by atoms with E-state index in [9.17, 15) is 4.79 Å². The van der Waals surface area contributed by atoms with E-state index in [1.807, 2.05) is 42.5 Å². The highest BCUT2D eigenvalue weighted by Crippen LogP contribution is 2.27. The van der Waals surface area contributed by atoms with Crippen molar-refractivity contribution in [3.8, 4) is 5.75 Å². The number of aliphatic imine (C=N–C) groups is 1. The average molecular weight is 532 g/mol. The Morgan fingerprint density at radius 3 is 2.58 bits per heavy atom. The summed E-state index contributed by atoms with van der Waals surface area (Å²) < 4.78 is 11.0. The topological polar surface area (TPSA) is 87.9 Å². The van der Waals surface area contributed by atoms with E-state index in [1.54, 1.807) is 19.2 Å². The maximum Gasteiger partial charge on any atom is 0.291 e. The van der Waals surface area contributed by atoms with Crippen molar-refractivity contribution < 1.29 is 13.9 Å². The van der Waals surface area contributed by atoms with E-state index in [-0.39, 0.29) is 41.7 Å². The first-order chi connectivity index (χ1) is 14.7. The molecule has 2 heterocycles. The molecule has 0 fully saturated rings. The number of carbonyl (C=O) groups excluding carboxylic acids is 1. The highest BCUT2D eigenvalue weighted by Gasteiger charge is 2.22. The fourth-order valence-corrected chi connectivity index (χ4v) is 3.29. The third kappa shape index (κ3) is 6.00. The lowest BCUT2D eigenvalue weighted by Crippen LogP contribution is -2.41. The molecular formula is C23H25IN4O3. The van der Waals surface area contributed by atoms with E-state index >= 15 is 0 Å². The van der Waals surface area contributed by atoms with Gasteiger partial charge in [0.25, 0.3) is 5.91 Å². The maximum atomic E-state index is 12.0. The highest BCUT2D eigenvalue weighted by atomic mass is 127. The number of anilines is 1. The molecule has 162 valence electrons. The van der Waals surface area contributed by atoms with Gasteiger partial charge in [0.1, 0.15) is 11.9 Å². The zero-order chi connectivity index (χ0) is 20.8. The van der Waals surface area contributed by atoms with Crippen LogP contribution in [0.4, 0.5) is 5.69 Å². The van der Waals surface area contributed by atoms with Gasteiger partial charge in [-0.25, -0.2) is 0 Å². The third-order valence-electron chi connectivity index (χ3n) is 4.85. The standard InChI is InChI=1S/C23H24N4O3.HI/c1-24-23(26-15-19-13-17-5-2-3-6-20(17)30-19)25-14-16-8-10-18(11-9-16)27-22(28)21-7-4-12-29-21;/h2-12,19H,13-15H2,1H3,(H,27,28)(H2,24,25,26);1H. The van der Waals surface area contributed by atoms with Gasteiger partial charge in [-0.2, -0.15) is 0 Å². The first kappa shape index (κ1) is 22.7. The number of ether oxygens (including phenoxy) is 1. The lowest BCUT2D eigenvalue weighted by molar-refractivity contribution is 0.0996. The zero-order valence-electron chi connectivity index (χ0n) is 17.1. The number of carbonyl (C=O) groups is 1. The molecule has 0 bridgehead atoms. The van der Waals surface area contributed by atoms with Gasteiger partial charge in [0.2, 0.25) is 0 Å². The Balaban J connectivity index is 0.00000272. The van der Waals surface area contributed by atoms with Gasteiger partial charge in [-0.1, -0.05) is 30.3 Å². The fraction of sp³-hybridized carbons (Fsp3) is 0.217. The monoisotopic (exact) mass is 532 g/mol.